The standard InChI is InChI=1S/C7H14FN3O/c1-2-10-6(12)11-4-7(8,3-9)5-11/h2-5,9H2,1H3,(H,10,12). The molecule has 0 spiro atoms. The lowest BCUT2D eigenvalue weighted by atomic mass is 9.97. The second kappa shape index (κ2) is 3.26. The van der Waals surface area contributed by atoms with Gasteiger partial charge in [0.1, 0.15) is 0 Å². The monoisotopic (exact) mass is 175 g/mol. The fraction of sp³-hybridized carbons (Fsp3) is 0.857. The van der Waals surface area contributed by atoms with Gasteiger partial charge in [0.25, 0.3) is 0 Å². The second-order valence-corrected chi connectivity index (χ2v) is 3.05. The van der Waals surface area contributed by atoms with Gasteiger partial charge in [-0.3, -0.25) is 0 Å². The molecular weight excluding hydrogens is 161 g/mol. The van der Waals surface area contributed by atoms with E-state index in [0.29, 0.717) is 6.54 Å². The normalized spacial score (nSPS) is 20.1. The number of carbonyl (C=O) groups is 1. The van der Waals surface area contributed by atoms with E-state index in [0.717, 1.165) is 0 Å². The first-order valence-electron chi connectivity index (χ1n) is 4.03. The molecule has 1 heterocycles. The molecule has 0 atom stereocenters. The van der Waals surface area contributed by atoms with E-state index in [1.165, 1.54) is 4.90 Å². The van der Waals surface area contributed by atoms with Crippen LogP contribution >= 0.6 is 0 Å². The lowest BCUT2D eigenvalue weighted by molar-refractivity contribution is 0.00244. The number of nitrogens with two attached hydrogens (primary N) is 1. The molecule has 70 valence electrons. The summed E-state index contributed by atoms with van der Waals surface area (Å²) in [5.74, 6) is 0. The lowest BCUT2D eigenvalue weighted by Crippen LogP contribution is -2.65. The number of alkyl halides is 1. The van der Waals surface area contributed by atoms with Crippen molar-refractivity contribution in [3.63, 3.8) is 0 Å². The fourth-order valence-electron chi connectivity index (χ4n) is 1.17. The summed E-state index contributed by atoms with van der Waals surface area (Å²) in [6, 6.07) is -0.209. The Hall–Kier alpha value is -0.840. The van der Waals surface area contributed by atoms with Crippen LogP contribution in [-0.4, -0.2) is 42.8 Å². The maximum absolute atomic E-state index is 13.1. The quantitative estimate of drug-likeness (QED) is 0.605. The van der Waals surface area contributed by atoms with Gasteiger partial charge in [-0.1, -0.05) is 0 Å². The van der Waals surface area contributed by atoms with Gasteiger partial charge in [-0.15, -0.1) is 0 Å². The van der Waals surface area contributed by atoms with E-state index < -0.39 is 5.67 Å². The molecule has 0 aromatic rings. The van der Waals surface area contributed by atoms with Crippen LogP contribution in [0.2, 0.25) is 0 Å². The van der Waals surface area contributed by atoms with Gasteiger partial charge in [0.05, 0.1) is 13.1 Å². The number of likely N-dealkylation sites (tertiary alicyclic amines) is 1. The zero-order valence-corrected chi connectivity index (χ0v) is 7.14. The van der Waals surface area contributed by atoms with Crippen molar-refractivity contribution in [2.75, 3.05) is 26.2 Å². The van der Waals surface area contributed by atoms with Crippen LogP contribution in [0.1, 0.15) is 6.92 Å². The maximum Gasteiger partial charge on any atom is 0.317 e. The molecule has 0 unspecified atom stereocenters. The molecule has 0 bridgehead atoms. The molecule has 1 saturated heterocycles. The molecule has 2 amide bonds. The van der Waals surface area contributed by atoms with Crippen molar-refractivity contribution in [1.29, 1.82) is 0 Å². The molecule has 5 heteroatoms. The highest BCUT2D eigenvalue weighted by Gasteiger charge is 2.44. The van der Waals surface area contributed by atoms with E-state index in [9.17, 15) is 9.18 Å². The molecule has 1 rings (SSSR count). The SMILES string of the molecule is CCNC(=O)N1CC(F)(CN)C1. The highest BCUT2D eigenvalue weighted by molar-refractivity contribution is 5.75. The number of halogens is 1. The summed E-state index contributed by atoms with van der Waals surface area (Å²) in [5.41, 5.74) is 3.83. The Balaban J connectivity index is 2.29. The Kier molecular flexibility index (Phi) is 2.52. The Morgan fingerprint density at radius 2 is 2.33 bits per heavy atom. The van der Waals surface area contributed by atoms with Crippen LogP contribution in [0.3, 0.4) is 0 Å². The molecule has 0 aliphatic carbocycles. The highest BCUT2D eigenvalue weighted by Crippen LogP contribution is 2.23. The van der Waals surface area contributed by atoms with Crippen LogP contribution in [0, 0.1) is 0 Å². The fourth-order valence-corrected chi connectivity index (χ4v) is 1.17. The summed E-state index contributed by atoms with van der Waals surface area (Å²) in [7, 11) is 0. The Morgan fingerprint density at radius 3 is 2.75 bits per heavy atom. The minimum Gasteiger partial charge on any atom is -0.338 e. The molecule has 0 radical (unpaired) electrons. The van der Waals surface area contributed by atoms with E-state index in [-0.39, 0.29) is 25.7 Å². The van der Waals surface area contributed by atoms with E-state index in [2.05, 4.69) is 5.32 Å². The molecular formula is C7H14FN3O. The second-order valence-electron chi connectivity index (χ2n) is 3.05. The zero-order chi connectivity index (χ0) is 9.19. The summed E-state index contributed by atoms with van der Waals surface area (Å²) < 4.78 is 13.1. The Morgan fingerprint density at radius 1 is 1.75 bits per heavy atom. The van der Waals surface area contributed by atoms with Crippen molar-refractivity contribution in [3.05, 3.63) is 0 Å². The van der Waals surface area contributed by atoms with Crippen LogP contribution in [0.4, 0.5) is 9.18 Å². The number of hydrogen-bond acceptors (Lipinski definition) is 2. The molecule has 4 nitrogen and oxygen atoms in total. The molecule has 3 N–H and O–H groups in total. The Labute approximate surface area is 70.9 Å². The molecule has 1 aliphatic rings. The van der Waals surface area contributed by atoms with Gasteiger partial charge < -0.3 is 16.0 Å². The van der Waals surface area contributed by atoms with E-state index in [1.54, 1.807) is 0 Å². The van der Waals surface area contributed by atoms with Gasteiger partial charge in [-0.2, -0.15) is 0 Å². The molecule has 0 aromatic heterocycles. The topological polar surface area (TPSA) is 58.4 Å². The molecule has 1 aliphatic heterocycles. The highest BCUT2D eigenvalue weighted by atomic mass is 19.1. The summed E-state index contributed by atoms with van der Waals surface area (Å²) in [6.07, 6.45) is 0. The molecule has 12 heavy (non-hydrogen) atoms. The number of amides is 2. The maximum atomic E-state index is 13.1. The third kappa shape index (κ3) is 1.66. The number of nitrogens with one attached hydrogen (secondary N) is 1. The number of rotatable bonds is 2. The Bertz CT molecular complexity index is 179. The summed E-state index contributed by atoms with van der Waals surface area (Å²) >= 11 is 0. The first kappa shape index (κ1) is 9.25. The molecule has 0 aromatic carbocycles. The number of hydrogen-bond donors (Lipinski definition) is 2. The van der Waals surface area contributed by atoms with Crippen molar-refractivity contribution in [1.82, 2.24) is 10.2 Å². The first-order chi connectivity index (χ1) is 5.61. The predicted molar refractivity (Wildman–Crippen MR) is 43.5 cm³/mol. The van der Waals surface area contributed by atoms with Gasteiger partial charge in [0, 0.05) is 13.1 Å². The van der Waals surface area contributed by atoms with Gasteiger partial charge >= 0.3 is 6.03 Å². The van der Waals surface area contributed by atoms with Gasteiger partial charge in [-0.05, 0) is 6.92 Å². The average Bonchev–Trinajstić information content (AvgIpc) is 1.99. The van der Waals surface area contributed by atoms with E-state index >= 15 is 0 Å². The lowest BCUT2D eigenvalue weighted by Gasteiger charge is -2.43. The first-order valence-corrected chi connectivity index (χ1v) is 4.03. The summed E-state index contributed by atoms with van der Waals surface area (Å²) in [4.78, 5) is 12.4. The minimum absolute atomic E-state index is 0.0110. The van der Waals surface area contributed by atoms with Crippen molar-refractivity contribution < 1.29 is 9.18 Å². The number of nitrogens with zero attached hydrogens (tertiary/aromatic N) is 1. The zero-order valence-electron chi connectivity index (χ0n) is 7.14. The smallest absolute Gasteiger partial charge is 0.317 e. The van der Waals surface area contributed by atoms with Crippen LogP contribution < -0.4 is 11.1 Å². The van der Waals surface area contributed by atoms with Gasteiger partial charge in [0.15, 0.2) is 5.67 Å². The van der Waals surface area contributed by atoms with Crippen molar-refractivity contribution in [2.45, 2.75) is 12.6 Å². The summed E-state index contributed by atoms with van der Waals surface area (Å²) in [5, 5.41) is 2.59. The van der Waals surface area contributed by atoms with Crippen LogP contribution in [0.15, 0.2) is 0 Å². The van der Waals surface area contributed by atoms with E-state index in [4.69, 9.17) is 5.73 Å². The minimum atomic E-state index is -1.34. The predicted octanol–water partition coefficient (Wildman–Crippen LogP) is -0.301. The van der Waals surface area contributed by atoms with Crippen LogP contribution in [-0.2, 0) is 0 Å². The number of carbonyl (C=O) groups excluding carboxylic acids is 1. The molecule has 1 fully saturated rings. The van der Waals surface area contributed by atoms with E-state index in [1.807, 2.05) is 6.92 Å². The van der Waals surface area contributed by atoms with Crippen molar-refractivity contribution >= 4 is 6.03 Å². The average molecular weight is 175 g/mol. The van der Waals surface area contributed by atoms with Crippen LogP contribution in [0.25, 0.3) is 0 Å². The molecule has 0 saturated carbocycles. The third-order valence-corrected chi connectivity index (χ3v) is 1.93. The largest absolute Gasteiger partial charge is 0.338 e. The summed E-state index contributed by atoms with van der Waals surface area (Å²) in [6.45, 7) is 2.62. The van der Waals surface area contributed by atoms with Gasteiger partial charge in [0.2, 0.25) is 0 Å². The van der Waals surface area contributed by atoms with Gasteiger partial charge in [-0.25, -0.2) is 9.18 Å². The van der Waals surface area contributed by atoms with Crippen molar-refractivity contribution in [2.24, 2.45) is 5.73 Å². The van der Waals surface area contributed by atoms with Crippen LogP contribution in [0.5, 0.6) is 0 Å². The number of urea groups is 1. The third-order valence-electron chi connectivity index (χ3n) is 1.93. The van der Waals surface area contributed by atoms with Crippen molar-refractivity contribution in [3.8, 4) is 0 Å².